The molecule has 0 radical (unpaired) electrons. The summed E-state index contributed by atoms with van der Waals surface area (Å²) < 4.78 is 81.0. The lowest BCUT2D eigenvalue weighted by molar-refractivity contribution is -0.358. The number of aliphatic hydroxyl groups excluding tert-OH is 7. The SMILES string of the molecule is COC1CC(OC2CCC3(C)C(CCC4C3CCC3(C)C(C(C)=O)C(O)C(O)C43O)C2)OC(C)C1OC1CC(O)C(OC2CC(OC)C(OC3CC(OC)C(OC4OC(CO)C(O)C(O)C4O)C(C)O3)C(C)O2)C(C)O1. The van der Waals surface area contributed by atoms with Gasteiger partial charge in [0, 0.05) is 52.4 Å². The Kier molecular flexibility index (Phi) is 18.5. The van der Waals surface area contributed by atoms with Crippen LogP contribution in [0.5, 0.6) is 0 Å². The molecule has 0 aromatic rings. The molecule has 0 spiro atoms. The van der Waals surface area contributed by atoms with Gasteiger partial charge in [0.1, 0.15) is 66.3 Å². The highest BCUT2D eigenvalue weighted by Gasteiger charge is 2.74. The van der Waals surface area contributed by atoms with Gasteiger partial charge in [0.15, 0.2) is 31.5 Å². The molecule has 8 N–H and O–H groups in total. The van der Waals surface area contributed by atoms with Crippen LogP contribution in [0.3, 0.4) is 0 Å². The monoisotopic (exact) mass is 1090 g/mol. The quantitative estimate of drug-likeness (QED) is 0.106. The van der Waals surface area contributed by atoms with Crippen molar-refractivity contribution < 1.29 is 107 Å². The molecular weight excluding hydrogens is 1000 g/mol. The summed E-state index contributed by atoms with van der Waals surface area (Å²) in [6.07, 6.45) is -13.6. The number of carbonyl (C=O) groups excluding carboxylic acids is 1. The van der Waals surface area contributed by atoms with Crippen LogP contribution in [0.2, 0.25) is 0 Å². The molecule has 31 atom stereocenters. The molecule has 438 valence electrons. The van der Waals surface area contributed by atoms with Gasteiger partial charge in [-0.25, -0.2) is 0 Å². The summed E-state index contributed by atoms with van der Waals surface area (Å²) in [7, 11) is 4.71. The zero-order valence-corrected chi connectivity index (χ0v) is 45.9. The van der Waals surface area contributed by atoms with Crippen molar-refractivity contribution in [3.8, 4) is 0 Å². The van der Waals surface area contributed by atoms with E-state index in [4.69, 9.17) is 61.6 Å². The molecule has 22 heteroatoms. The molecule has 0 aromatic carbocycles. The van der Waals surface area contributed by atoms with Gasteiger partial charge < -0.3 is 102 Å². The van der Waals surface area contributed by atoms with Crippen molar-refractivity contribution in [1.29, 1.82) is 0 Å². The van der Waals surface area contributed by atoms with Crippen LogP contribution in [-0.2, 0) is 66.4 Å². The van der Waals surface area contributed by atoms with E-state index < -0.39 is 159 Å². The summed E-state index contributed by atoms with van der Waals surface area (Å²) >= 11 is 0. The predicted molar refractivity (Wildman–Crippen MR) is 262 cm³/mol. The molecule has 9 rings (SSSR count). The van der Waals surface area contributed by atoms with Crippen LogP contribution in [0.25, 0.3) is 0 Å². The number of methoxy groups -OCH3 is 3. The van der Waals surface area contributed by atoms with Gasteiger partial charge in [-0.15, -0.1) is 0 Å². The summed E-state index contributed by atoms with van der Waals surface area (Å²) in [6.45, 7) is 12.4. The van der Waals surface area contributed by atoms with Crippen molar-refractivity contribution in [2.45, 2.75) is 272 Å². The smallest absolute Gasteiger partial charge is 0.187 e. The van der Waals surface area contributed by atoms with Crippen LogP contribution in [0.4, 0.5) is 0 Å². The van der Waals surface area contributed by atoms with Gasteiger partial charge in [-0.3, -0.25) is 4.79 Å². The summed E-state index contributed by atoms with van der Waals surface area (Å²) in [5, 5.41) is 87.3. The first-order valence-corrected chi connectivity index (χ1v) is 28.1. The molecule has 31 unspecified atom stereocenters. The largest absolute Gasteiger partial charge is 0.394 e. The topological polar surface area (TPSA) is 299 Å². The number of ether oxygens (including phenoxy) is 13. The minimum Gasteiger partial charge on any atom is -0.394 e. The maximum absolute atomic E-state index is 12.8. The Bertz CT molecular complexity index is 1920. The zero-order valence-electron chi connectivity index (χ0n) is 45.9. The molecule has 0 aromatic heterocycles. The maximum atomic E-state index is 12.8. The highest BCUT2D eigenvalue weighted by Crippen LogP contribution is 2.69. The fraction of sp³-hybridized carbons (Fsp3) is 0.981. The molecule has 0 amide bonds. The zero-order chi connectivity index (χ0) is 54.9. The highest BCUT2D eigenvalue weighted by atomic mass is 16.8. The minimum absolute atomic E-state index is 0.0478. The van der Waals surface area contributed by atoms with Crippen molar-refractivity contribution >= 4 is 5.78 Å². The van der Waals surface area contributed by atoms with E-state index in [1.165, 1.54) is 14.0 Å². The van der Waals surface area contributed by atoms with Gasteiger partial charge in [0.2, 0.25) is 0 Å². The first-order valence-electron chi connectivity index (χ1n) is 28.1. The number of aliphatic hydroxyl groups is 8. The minimum atomic E-state index is -1.60. The van der Waals surface area contributed by atoms with Gasteiger partial charge in [-0.2, -0.15) is 0 Å². The summed E-state index contributed by atoms with van der Waals surface area (Å²) in [4.78, 5) is 12.8. The van der Waals surface area contributed by atoms with E-state index in [9.17, 15) is 45.6 Å². The average molecular weight is 1090 g/mol. The van der Waals surface area contributed by atoms with Gasteiger partial charge in [0.05, 0.1) is 73.6 Å². The van der Waals surface area contributed by atoms with Gasteiger partial charge >= 0.3 is 0 Å². The first kappa shape index (κ1) is 59.5. The summed E-state index contributed by atoms with van der Waals surface area (Å²) in [5.41, 5.74) is -2.53. The van der Waals surface area contributed by atoms with Crippen LogP contribution in [0, 0.1) is 34.5 Å². The molecule has 22 nitrogen and oxygen atoms in total. The van der Waals surface area contributed by atoms with Crippen LogP contribution >= 0.6 is 0 Å². The molecule has 4 aliphatic carbocycles. The number of hydrogen-bond acceptors (Lipinski definition) is 22. The fourth-order valence-electron chi connectivity index (χ4n) is 16.0. The molecule has 4 saturated carbocycles. The second kappa shape index (κ2) is 23.6. The van der Waals surface area contributed by atoms with Gasteiger partial charge in [-0.05, 0) is 103 Å². The van der Waals surface area contributed by atoms with Crippen LogP contribution in [0.15, 0.2) is 0 Å². The third-order valence-corrected chi connectivity index (χ3v) is 20.2. The Morgan fingerprint density at radius 1 is 0.553 bits per heavy atom. The number of Topliss-reactive ketones (excluding diaryl/α,β-unsaturated/α-hetero) is 1. The number of carbonyl (C=O) groups is 1. The van der Waals surface area contributed by atoms with Gasteiger partial charge in [0.25, 0.3) is 0 Å². The van der Waals surface area contributed by atoms with Gasteiger partial charge in [-0.1, -0.05) is 13.8 Å². The molecular formula is C54H90O22. The average Bonchev–Trinajstić information content (AvgIpc) is 3.54. The van der Waals surface area contributed by atoms with Crippen molar-refractivity contribution in [3.05, 3.63) is 0 Å². The summed E-state index contributed by atoms with van der Waals surface area (Å²) in [6, 6.07) is 0. The Hall–Kier alpha value is -1.17. The van der Waals surface area contributed by atoms with E-state index >= 15 is 0 Å². The lowest BCUT2D eigenvalue weighted by atomic mass is 9.43. The third kappa shape index (κ3) is 10.8. The molecule has 9 fully saturated rings. The summed E-state index contributed by atoms with van der Waals surface area (Å²) in [5.74, 6) is -0.727. The lowest BCUT2D eigenvalue weighted by Crippen LogP contribution is -2.66. The molecule has 5 saturated heterocycles. The van der Waals surface area contributed by atoms with Crippen molar-refractivity contribution in [2.24, 2.45) is 34.5 Å². The van der Waals surface area contributed by atoms with E-state index in [-0.39, 0.29) is 54.5 Å². The van der Waals surface area contributed by atoms with Crippen molar-refractivity contribution in [1.82, 2.24) is 0 Å². The van der Waals surface area contributed by atoms with E-state index in [2.05, 4.69) is 6.92 Å². The van der Waals surface area contributed by atoms with E-state index in [0.717, 1.165) is 32.1 Å². The number of hydrogen-bond donors (Lipinski definition) is 8. The Morgan fingerprint density at radius 3 is 1.57 bits per heavy atom. The standard InChI is InChI=1S/C54H90O22/c1-23(56)41-43(59)50(62)54(63)31-12-11-28-17-29(13-15-52(28,6)30(31)14-16-53(41,54)7)71-38-19-33(64-8)47(25(3)68-38)74-37-18-32(57)46(24(2)67-37)73-39-20-34(65-9)48(26(4)69-39)75-40-21-35(66-10)49(27(5)70-40)76-51-45(61)44(60)42(58)36(22-55)72-51/h24-51,55,57-63H,11-22H2,1-10H3. The highest BCUT2D eigenvalue weighted by molar-refractivity contribution is 5.81. The normalized spacial score (nSPS) is 54.8. The Labute approximate surface area is 446 Å². The Balaban J connectivity index is 0.734. The predicted octanol–water partition coefficient (Wildman–Crippen LogP) is 0.962. The van der Waals surface area contributed by atoms with Crippen LogP contribution in [0.1, 0.15) is 119 Å². The molecule has 76 heavy (non-hydrogen) atoms. The number of fused-ring (bicyclic) bond motifs is 5. The molecule has 5 heterocycles. The van der Waals surface area contributed by atoms with Crippen molar-refractivity contribution in [3.63, 3.8) is 0 Å². The third-order valence-electron chi connectivity index (χ3n) is 20.2. The van der Waals surface area contributed by atoms with Crippen molar-refractivity contribution in [2.75, 3.05) is 27.9 Å². The van der Waals surface area contributed by atoms with Crippen LogP contribution < -0.4 is 0 Å². The Morgan fingerprint density at radius 2 is 1.05 bits per heavy atom. The number of rotatable bonds is 15. The molecule has 5 aliphatic heterocycles. The maximum Gasteiger partial charge on any atom is 0.187 e. The fourth-order valence-corrected chi connectivity index (χ4v) is 16.0. The number of ketones is 1. The molecule has 9 aliphatic rings. The van der Waals surface area contributed by atoms with E-state index in [1.807, 2.05) is 27.7 Å². The second-order valence-electron chi connectivity index (χ2n) is 24.3. The van der Waals surface area contributed by atoms with E-state index in [0.29, 0.717) is 25.2 Å². The lowest BCUT2D eigenvalue weighted by Gasteiger charge is -2.63. The molecule has 0 bridgehead atoms. The first-order chi connectivity index (χ1) is 36.0. The van der Waals surface area contributed by atoms with E-state index in [1.54, 1.807) is 21.1 Å². The second-order valence-corrected chi connectivity index (χ2v) is 24.3. The van der Waals surface area contributed by atoms with Crippen LogP contribution in [-0.4, -0.2) is 228 Å².